The predicted octanol–water partition coefficient (Wildman–Crippen LogP) is 4.30. The molecule has 1 aliphatic rings. The predicted molar refractivity (Wildman–Crippen MR) is 96.4 cm³/mol. The van der Waals surface area contributed by atoms with Crippen LogP contribution >= 0.6 is 26.6 Å². The van der Waals surface area contributed by atoms with E-state index in [-0.39, 0.29) is 0 Å². The number of allylic oxidation sites excluding steroid dienone is 4. The fraction of sp³-hybridized carbons (Fsp3) is 0. The van der Waals surface area contributed by atoms with Crippen molar-refractivity contribution in [2.24, 2.45) is 0 Å². The Morgan fingerprint density at radius 1 is 0.632 bits per heavy atom. The van der Waals surface area contributed by atoms with Gasteiger partial charge in [-0.15, -0.1) is 0 Å². The Balaban J connectivity index is 2.33. The van der Waals surface area contributed by atoms with Gasteiger partial charge >= 0.3 is 0 Å². The van der Waals surface area contributed by atoms with E-state index in [1.54, 1.807) is 0 Å². The van der Waals surface area contributed by atoms with E-state index in [0.29, 0.717) is 0 Å². The van der Waals surface area contributed by atoms with E-state index in [9.17, 15) is 0 Å². The van der Waals surface area contributed by atoms with Crippen LogP contribution in [-0.4, -0.2) is 5.29 Å². The average molecular weight is 376 g/mol. The first-order valence-electron chi connectivity index (χ1n) is 6.24. The Bertz CT molecular complexity index is 624. The molecule has 0 spiro atoms. The van der Waals surface area contributed by atoms with Crippen molar-refractivity contribution < 1.29 is 0 Å². The summed E-state index contributed by atoms with van der Waals surface area (Å²) in [6.07, 6.45) is 8.77. The highest BCUT2D eigenvalue weighted by molar-refractivity contribution is 14.2. The minimum absolute atomic E-state index is 1.42. The van der Waals surface area contributed by atoms with Crippen molar-refractivity contribution in [1.29, 1.82) is 0 Å². The van der Waals surface area contributed by atoms with Gasteiger partial charge in [0.15, 0.2) is 0 Å². The SMILES string of the molecule is IP(=C1C=CC=C1)(c1ccccc1)c1ccccc1. The molecule has 0 saturated heterocycles. The zero-order valence-electron chi connectivity index (χ0n) is 10.4. The lowest BCUT2D eigenvalue weighted by Crippen LogP contribution is -2.16. The van der Waals surface area contributed by atoms with Gasteiger partial charge in [0.2, 0.25) is 0 Å². The van der Waals surface area contributed by atoms with Crippen molar-refractivity contribution in [1.82, 2.24) is 0 Å². The molecule has 0 unspecified atom stereocenters. The fourth-order valence-electron chi connectivity index (χ4n) is 2.28. The van der Waals surface area contributed by atoms with Crippen LogP contribution in [0.4, 0.5) is 0 Å². The lowest BCUT2D eigenvalue weighted by Gasteiger charge is -2.23. The van der Waals surface area contributed by atoms with Crippen molar-refractivity contribution >= 4 is 42.5 Å². The van der Waals surface area contributed by atoms with E-state index in [0.717, 1.165) is 0 Å². The van der Waals surface area contributed by atoms with Gasteiger partial charge in [0.05, 0.1) is 0 Å². The molecule has 0 bridgehead atoms. The second-order valence-corrected chi connectivity index (χ2v) is 11.5. The van der Waals surface area contributed by atoms with Gasteiger partial charge in [-0.3, -0.25) is 0 Å². The Labute approximate surface area is 127 Å². The molecule has 2 heteroatoms. The molecule has 0 aliphatic heterocycles. The first-order valence-corrected chi connectivity index (χ1v) is 10.8. The van der Waals surface area contributed by atoms with Crippen molar-refractivity contribution in [3.63, 3.8) is 0 Å². The normalized spacial score (nSPS) is 14.1. The Morgan fingerprint density at radius 3 is 1.47 bits per heavy atom. The Morgan fingerprint density at radius 2 is 1.05 bits per heavy atom. The summed E-state index contributed by atoms with van der Waals surface area (Å²) in [5.41, 5.74) is 0. The molecule has 0 N–H and O–H groups in total. The fourth-order valence-corrected chi connectivity index (χ4v) is 7.82. The summed E-state index contributed by atoms with van der Waals surface area (Å²) < 4.78 is -1.51. The molecule has 0 amide bonds. The molecular formula is C17H14IP. The average Bonchev–Trinajstić information content (AvgIpc) is 3.03. The highest BCUT2D eigenvalue weighted by Gasteiger charge is 2.22. The zero-order chi connectivity index (χ0) is 13.1. The molecule has 0 fully saturated rings. The second kappa shape index (κ2) is 5.52. The quantitative estimate of drug-likeness (QED) is 0.542. The third kappa shape index (κ3) is 2.37. The molecule has 19 heavy (non-hydrogen) atoms. The van der Waals surface area contributed by atoms with Gasteiger partial charge in [-0.1, -0.05) is 85.0 Å². The first-order chi connectivity index (χ1) is 9.32. The van der Waals surface area contributed by atoms with E-state index in [1.165, 1.54) is 15.9 Å². The van der Waals surface area contributed by atoms with E-state index >= 15 is 0 Å². The molecule has 0 nitrogen and oxygen atoms in total. The van der Waals surface area contributed by atoms with Crippen LogP contribution in [0.5, 0.6) is 0 Å². The van der Waals surface area contributed by atoms with Gasteiger partial charge in [0.1, 0.15) is 0 Å². The molecule has 1 aliphatic carbocycles. The van der Waals surface area contributed by atoms with Gasteiger partial charge in [0.25, 0.3) is 0 Å². The van der Waals surface area contributed by atoms with Crippen molar-refractivity contribution in [2.45, 2.75) is 0 Å². The smallest absolute Gasteiger partial charge is 0.0142 e. The summed E-state index contributed by atoms with van der Waals surface area (Å²) in [6.45, 7) is 0. The molecule has 94 valence electrons. The van der Waals surface area contributed by atoms with Crippen LogP contribution in [0.25, 0.3) is 0 Å². The summed E-state index contributed by atoms with van der Waals surface area (Å²) in [5, 5.41) is 4.28. The topological polar surface area (TPSA) is 0 Å². The number of hydrogen-bond donors (Lipinski definition) is 0. The van der Waals surface area contributed by atoms with E-state index in [1.807, 2.05) is 0 Å². The number of benzene rings is 2. The molecule has 0 radical (unpaired) electrons. The van der Waals surface area contributed by atoms with Gasteiger partial charge in [-0.2, -0.15) is 0 Å². The molecule has 0 saturated carbocycles. The molecular weight excluding hydrogens is 362 g/mol. The molecule has 2 aromatic carbocycles. The molecule has 0 aromatic heterocycles. The molecule has 0 heterocycles. The van der Waals surface area contributed by atoms with Crippen LogP contribution < -0.4 is 10.6 Å². The van der Waals surface area contributed by atoms with Crippen LogP contribution in [0.2, 0.25) is 0 Å². The standard InChI is InChI=1S/C17H14IP/c18-19(17-13-7-8-14-17,15-9-3-1-4-10-15)16-11-5-2-6-12-16/h1-14H. The molecule has 3 rings (SSSR count). The largest absolute Gasteiger partial charge is 0.0622 e. The van der Waals surface area contributed by atoms with Crippen LogP contribution in [0.15, 0.2) is 85.0 Å². The summed E-state index contributed by atoms with van der Waals surface area (Å²) in [5.74, 6) is 0. The third-order valence-corrected chi connectivity index (χ3v) is 11.3. The molecule has 0 atom stereocenters. The maximum Gasteiger partial charge on any atom is 0.0142 e. The van der Waals surface area contributed by atoms with Crippen LogP contribution in [0, 0.1) is 0 Å². The number of rotatable bonds is 2. The molecule has 2 aromatic rings. The van der Waals surface area contributed by atoms with Crippen LogP contribution in [0.3, 0.4) is 0 Å². The number of halogens is 1. The van der Waals surface area contributed by atoms with Gasteiger partial charge in [0, 0.05) is 4.53 Å². The highest BCUT2D eigenvalue weighted by Crippen LogP contribution is 2.56. The minimum Gasteiger partial charge on any atom is -0.0622 e. The lowest BCUT2D eigenvalue weighted by molar-refractivity contribution is 1.76. The summed E-state index contributed by atoms with van der Waals surface area (Å²) >= 11 is 2.68. The van der Waals surface area contributed by atoms with Crippen molar-refractivity contribution in [3.05, 3.63) is 85.0 Å². The Hall–Kier alpha value is -1.05. The van der Waals surface area contributed by atoms with Crippen molar-refractivity contribution in [2.75, 3.05) is 0 Å². The summed E-state index contributed by atoms with van der Waals surface area (Å²) in [6, 6.07) is 21.7. The summed E-state index contributed by atoms with van der Waals surface area (Å²) in [4.78, 5) is 0. The van der Waals surface area contributed by atoms with Gasteiger partial charge in [-0.25, -0.2) is 0 Å². The summed E-state index contributed by atoms with van der Waals surface area (Å²) in [7, 11) is 0. The van der Waals surface area contributed by atoms with Crippen molar-refractivity contribution in [3.8, 4) is 0 Å². The van der Waals surface area contributed by atoms with Gasteiger partial charge < -0.3 is 0 Å². The van der Waals surface area contributed by atoms with Crippen LogP contribution in [-0.2, 0) is 0 Å². The zero-order valence-corrected chi connectivity index (χ0v) is 13.5. The van der Waals surface area contributed by atoms with E-state index in [4.69, 9.17) is 0 Å². The van der Waals surface area contributed by atoms with Crippen LogP contribution in [0.1, 0.15) is 0 Å². The maximum atomic E-state index is 2.68. The monoisotopic (exact) mass is 376 g/mol. The minimum atomic E-state index is -1.51. The lowest BCUT2D eigenvalue weighted by atomic mass is 10.4. The van der Waals surface area contributed by atoms with E-state index < -0.39 is 4.53 Å². The van der Waals surface area contributed by atoms with Gasteiger partial charge in [-0.05, 0) is 37.9 Å². The maximum absolute atomic E-state index is 2.68. The first kappa shape index (κ1) is 13.0. The van der Waals surface area contributed by atoms with E-state index in [2.05, 4.69) is 107 Å². The number of hydrogen-bond acceptors (Lipinski definition) is 0. The highest BCUT2D eigenvalue weighted by atomic mass is 127. The Kier molecular flexibility index (Phi) is 3.76. The second-order valence-electron chi connectivity index (χ2n) is 4.40. The third-order valence-electron chi connectivity index (χ3n) is 3.22.